The third-order valence-corrected chi connectivity index (χ3v) is 2.30. The van der Waals surface area contributed by atoms with Gasteiger partial charge in [0.05, 0.1) is 0 Å². The Morgan fingerprint density at radius 3 is 2.25 bits per heavy atom. The number of benzene rings is 1. The van der Waals surface area contributed by atoms with Crippen molar-refractivity contribution >= 4 is 17.9 Å². The Morgan fingerprint density at radius 1 is 1.10 bits per heavy atom. The van der Waals surface area contributed by atoms with Crippen molar-refractivity contribution in [1.82, 2.24) is 5.32 Å². The summed E-state index contributed by atoms with van der Waals surface area (Å²) < 4.78 is 10.2. The first-order valence-corrected chi connectivity index (χ1v) is 5.92. The number of urea groups is 1. The van der Waals surface area contributed by atoms with E-state index in [1.807, 2.05) is 11.4 Å². The number of hydrogen-bond acceptors (Lipinski definition) is 5. The molecule has 0 aromatic heterocycles. The van der Waals surface area contributed by atoms with Gasteiger partial charge in [-0.2, -0.15) is 0 Å². The summed E-state index contributed by atoms with van der Waals surface area (Å²) >= 11 is 0. The number of amides is 3. The molecule has 3 N–H and O–H groups in total. The van der Waals surface area contributed by atoms with Gasteiger partial charge in [-0.15, -0.1) is 0 Å². The molecule has 0 saturated heterocycles. The molecule has 0 aliphatic rings. The Labute approximate surface area is 116 Å². The van der Waals surface area contributed by atoms with Crippen LogP contribution in [0.2, 0.25) is 0 Å². The fourth-order valence-electron chi connectivity index (χ4n) is 1.30. The van der Waals surface area contributed by atoms with Crippen LogP contribution in [0.1, 0.15) is 13.8 Å². The lowest BCUT2D eigenvalue weighted by atomic mass is 10.3. The highest BCUT2D eigenvalue weighted by atomic mass is 16.6. The zero-order valence-corrected chi connectivity index (χ0v) is 11.2. The SMILES string of the molecule is C[C@@H](OC(=O)[C@@H](C)Oc1ccccc1)C(=O)NC(N)=O. The molecular formula is C13H16N2O5. The van der Waals surface area contributed by atoms with Crippen LogP contribution in [0.15, 0.2) is 30.3 Å². The lowest BCUT2D eigenvalue weighted by Crippen LogP contribution is -2.43. The van der Waals surface area contributed by atoms with Gasteiger partial charge in [0.15, 0.2) is 12.2 Å². The van der Waals surface area contributed by atoms with E-state index in [2.05, 4.69) is 0 Å². The molecule has 2 atom stereocenters. The van der Waals surface area contributed by atoms with Crippen LogP contribution in [-0.2, 0) is 14.3 Å². The topological polar surface area (TPSA) is 108 Å². The summed E-state index contributed by atoms with van der Waals surface area (Å²) in [5.41, 5.74) is 4.79. The van der Waals surface area contributed by atoms with Crippen molar-refractivity contribution < 1.29 is 23.9 Å². The number of ether oxygens (including phenoxy) is 2. The number of carbonyl (C=O) groups is 3. The van der Waals surface area contributed by atoms with E-state index in [0.717, 1.165) is 0 Å². The van der Waals surface area contributed by atoms with Gasteiger partial charge in [-0.25, -0.2) is 9.59 Å². The molecule has 0 bridgehead atoms. The van der Waals surface area contributed by atoms with Crippen LogP contribution in [0.25, 0.3) is 0 Å². The molecule has 0 unspecified atom stereocenters. The summed E-state index contributed by atoms with van der Waals surface area (Å²) in [5.74, 6) is -1.01. The quantitative estimate of drug-likeness (QED) is 0.767. The van der Waals surface area contributed by atoms with Gasteiger partial charge in [-0.1, -0.05) is 18.2 Å². The van der Waals surface area contributed by atoms with Gasteiger partial charge in [0.2, 0.25) is 0 Å². The van der Waals surface area contributed by atoms with Crippen LogP contribution < -0.4 is 15.8 Å². The van der Waals surface area contributed by atoms with E-state index < -0.39 is 30.1 Å². The molecule has 1 rings (SSSR count). The number of esters is 1. The molecule has 0 fully saturated rings. The van der Waals surface area contributed by atoms with E-state index in [1.165, 1.54) is 13.8 Å². The molecule has 7 nitrogen and oxygen atoms in total. The summed E-state index contributed by atoms with van der Waals surface area (Å²) in [6.07, 6.45) is -2.03. The predicted octanol–water partition coefficient (Wildman–Crippen LogP) is 0.581. The minimum absolute atomic E-state index is 0.506. The first-order chi connectivity index (χ1) is 9.40. The summed E-state index contributed by atoms with van der Waals surface area (Å²) in [6.45, 7) is 2.82. The largest absolute Gasteiger partial charge is 0.479 e. The number of hydrogen-bond donors (Lipinski definition) is 2. The van der Waals surface area contributed by atoms with Crippen molar-refractivity contribution in [3.05, 3.63) is 30.3 Å². The third kappa shape index (κ3) is 4.97. The molecule has 108 valence electrons. The molecule has 20 heavy (non-hydrogen) atoms. The molecule has 0 heterocycles. The van der Waals surface area contributed by atoms with Crippen molar-refractivity contribution in [2.75, 3.05) is 0 Å². The minimum atomic E-state index is -1.14. The number of nitrogens with one attached hydrogen (secondary N) is 1. The second-order valence-corrected chi connectivity index (χ2v) is 4.01. The Morgan fingerprint density at radius 2 is 1.70 bits per heavy atom. The molecule has 1 aromatic rings. The normalized spacial score (nSPS) is 12.9. The first-order valence-electron chi connectivity index (χ1n) is 5.92. The van der Waals surface area contributed by atoms with Crippen LogP contribution in [0.5, 0.6) is 5.75 Å². The van der Waals surface area contributed by atoms with Gasteiger partial charge < -0.3 is 15.2 Å². The fourth-order valence-corrected chi connectivity index (χ4v) is 1.30. The molecule has 1 aromatic carbocycles. The zero-order chi connectivity index (χ0) is 15.1. The highest BCUT2D eigenvalue weighted by Crippen LogP contribution is 2.11. The van der Waals surface area contributed by atoms with E-state index >= 15 is 0 Å². The van der Waals surface area contributed by atoms with Gasteiger partial charge in [0.25, 0.3) is 5.91 Å². The van der Waals surface area contributed by atoms with Crippen molar-refractivity contribution in [2.24, 2.45) is 5.73 Å². The van der Waals surface area contributed by atoms with Crippen molar-refractivity contribution in [2.45, 2.75) is 26.1 Å². The average Bonchev–Trinajstić information content (AvgIpc) is 2.38. The molecule has 0 spiro atoms. The maximum atomic E-state index is 11.7. The molecule has 0 aliphatic carbocycles. The van der Waals surface area contributed by atoms with Crippen LogP contribution in [0.3, 0.4) is 0 Å². The third-order valence-electron chi connectivity index (χ3n) is 2.30. The second kappa shape index (κ2) is 7.13. The lowest BCUT2D eigenvalue weighted by molar-refractivity contribution is -0.160. The monoisotopic (exact) mass is 280 g/mol. The number of rotatable bonds is 5. The molecule has 3 amide bonds. The van der Waals surface area contributed by atoms with Crippen LogP contribution in [-0.4, -0.2) is 30.1 Å². The summed E-state index contributed by atoms with van der Waals surface area (Å²) in [6, 6.07) is 7.70. The maximum Gasteiger partial charge on any atom is 0.347 e. The second-order valence-electron chi connectivity index (χ2n) is 4.01. The van der Waals surface area contributed by atoms with Crippen LogP contribution in [0, 0.1) is 0 Å². The number of imide groups is 1. The molecule has 7 heteroatoms. The average molecular weight is 280 g/mol. The Hall–Kier alpha value is -2.57. The van der Waals surface area contributed by atoms with Gasteiger partial charge in [-0.05, 0) is 26.0 Å². The van der Waals surface area contributed by atoms with Crippen LogP contribution in [0.4, 0.5) is 4.79 Å². The first kappa shape index (κ1) is 15.5. The van der Waals surface area contributed by atoms with Crippen molar-refractivity contribution in [1.29, 1.82) is 0 Å². The maximum absolute atomic E-state index is 11.7. The van der Waals surface area contributed by atoms with E-state index in [9.17, 15) is 14.4 Å². The van der Waals surface area contributed by atoms with E-state index in [0.29, 0.717) is 5.75 Å². The van der Waals surface area contributed by atoms with Gasteiger partial charge in [0, 0.05) is 0 Å². The number of primary amides is 1. The van der Waals surface area contributed by atoms with Crippen LogP contribution >= 0.6 is 0 Å². The predicted molar refractivity (Wildman–Crippen MR) is 69.8 cm³/mol. The minimum Gasteiger partial charge on any atom is -0.479 e. The fraction of sp³-hybridized carbons (Fsp3) is 0.308. The Kier molecular flexibility index (Phi) is 5.52. The van der Waals surface area contributed by atoms with Crippen molar-refractivity contribution in [3.63, 3.8) is 0 Å². The Balaban J connectivity index is 2.49. The lowest BCUT2D eigenvalue weighted by Gasteiger charge is -2.17. The highest BCUT2D eigenvalue weighted by Gasteiger charge is 2.23. The summed E-state index contributed by atoms with van der Waals surface area (Å²) in [7, 11) is 0. The van der Waals surface area contributed by atoms with Gasteiger partial charge in [0.1, 0.15) is 5.75 Å². The zero-order valence-electron chi connectivity index (χ0n) is 11.2. The van der Waals surface area contributed by atoms with E-state index in [4.69, 9.17) is 15.2 Å². The van der Waals surface area contributed by atoms with Gasteiger partial charge in [-0.3, -0.25) is 10.1 Å². The highest BCUT2D eigenvalue weighted by molar-refractivity contribution is 5.96. The molecule has 0 radical (unpaired) electrons. The van der Waals surface area contributed by atoms with E-state index in [-0.39, 0.29) is 0 Å². The molecule has 0 aliphatic heterocycles. The Bertz CT molecular complexity index is 489. The van der Waals surface area contributed by atoms with Crippen molar-refractivity contribution in [3.8, 4) is 5.75 Å². The standard InChI is InChI=1S/C13H16N2O5/c1-8(11(16)15-13(14)18)20-12(17)9(2)19-10-6-4-3-5-7-10/h3-9H,1-2H3,(H3,14,15,16,18)/t8-,9-/m1/s1. The van der Waals surface area contributed by atoms with E-state index in [1.54, 1.807) is 24.3 Å². The number of para-hydroxylation sites is 1. The summed E-state index contributed by atoms with van der Waals surface area (Å²) in [5, 5.41) is 1.82. The summed E-state index contributed by atoms with van der Waals surface area (Å²) in [4.78, 5) is 33.5. The number of nitrogens with two attached hydrogens (primary N) is 1. The molecule has 0 saturated carbocycles. The van der Waals surface area contributed by atoms with Gasteiger partial charge >= 0.3 is 12.0 Å². The molecular weight excluding hydrogens is 264 g/mol. The smallest absolute Gasteiger partial charge is 0.347 e. The number of carbonyl (C=O) groups excluding carboxylic acids is 3.